The highest BCUT2D eigenvalue weighted by atomic mass is 19.4. The van der Waals surface area contributed by atoms with Crippen molar-refractivity contribution in [3.05, 3.63) is 0 Å². The van der Waals surface area contributed by atoms with E-state index in [1.807, 2.05) is 0 Å². The summed E-state index contributed by atoms with van der Waals surface area (Å²) < 4.78 is 361. The zero-order valence-corrected chi connectivity index (χ0v) is 16.8. The summed E-state index contributed by atoms with van der Waals surface area (Å²) in [5.74, 6) is -57.1. The number of hydrogen-bond donors (Lipinski definition) is 0. The van der Waals surface area contributed by atoms with Gasteiger partial charge in [0.05, 0.1) is 0 Å². The van der Waals surface area contributed by atoms with E-state index in [1.165, 1.54) is 0 Å². The van der Waals surface area contributed by atoms with Gasteiger partial charge in [0.25, 0.3) is 22.7 Å². The second-order valence-electron chi connectivity index (χ2n) is 8.23. The number of hydrogen-bond acceptors (Lipinski definition) is 0. The molecule has 0 heterocycles. The Kier molecular flexibility index (Phi) is 6.19. The van der Waals surface area contributed by atoms with E-state index in [0.29, 0.717) is 0 Å². The maximum atomic E-state index is 15.3. The first-order chi connectivity index (χ1) is 16.8. The largest absolute Gasteiger partial charge is 0.457 e. The van der Waals surface area contributed by atoms with Gasteiger partial charge in [0.2, 0.25) is 0 Å². The van der Waals surface area contributed by atoms with Gasteiger partial charge in [0, 0.05) is 0 Å². The second kappa shape index (κ2) is 7.21. The maximum Gasteiger partial charge on any atom is 0.457 e. The van der Waals surface area contributed by atoms with Crippen molar-refractivity contribution in [3.8, 4) is 0 Å². The van der Waals surface area contributed by atoms with E-state index in [4.69, 9.17) is 0 Å². The fourth-order valence-electron chi connectivity index (χ4n) is 4.45. The molecule has 0 aromatic heterocycles. The molecule has 0 aromatic carbocycles. The highest BCUT2D eigenvalue weighted by Crippen LogP contribution is 2.85. The first kappa shape index (κ1) is 34.4. The molecule has 2 saturated carbocycles. The molecule has 2 aliphatic rings. The van der Waals surface area contributed by atoms with Crippen molar-refractivity contribution in [2.24, 2.45) is 0 Å². The highest BCUT2D eigenvalue weighted by Gasteiger charge is 3.19. The highest BCUT2D eigenvalue weighted by molar-refractivity contribution is 5.50. The molecule has 0 aromatic rings. The van der Waals surface area contributed by atoms with Gasteiger partial charge < -0.3 is 0 Å². The fourth-order valence-corrected chi connectivity index (χ4v) is 4.45. The molecule has 2 aliphatic carbocycles. The lowest BCUT2D eigenvalue weighted by Gasteiger charge is -2.68. The summed E-state index contributed by atoms with van der Waals surface area (Å²) in [6.45, 7) is 0. The number of alkyl halides is 26. The summed E-state index contributed by atoms with van der Waals surface area (Å²) in [5, 5.41) is 0. The van der Waals surface area contributed by atoms with Gasteiger partial charge in [-0.05, 0) is 0 Å². The summed E-state index contributed by atoms with van der Waals surface area (Å²) >= 11 is 0. The third kappa shape index (κ3) is 2.52. The van der Waals surface area contributed by atoms with Gasteiger partial charge in [0.1, 0.15) is 0 Å². The molecule has 0 nitrogen and oxygen atoms in total. The van der Waals surface area contributed by atoms with Crippen LogP contribution in [0.4, 0.5) is 114 Å². The van der Waals surface area contributed by atoms with E-state index in [0.717, 1.165) is 0 Å². The summed E-state index contributed by atoms with van der Waals surface area (Å²) in [6.07, 6.45) is -27.8. The topological polar surface area (TPSA) is 0 Å². The van der Waals surface area contributed by atoms with Crippen molar-refractivity contribution in [2.75, 3.05) is 0 Å². The van der Waals surface area contributed by atoms with Crippen LogP contribution in [0.25, 0.3) is 0 Å². The Balaban J connectivity index is 3.71. The van der Waals surface area contributed by atoms with Gasteiger partial charge in [-0.2, -0.15) is 92.2 Å². The van der Waals surface area contributed by atoms with Crippen LogP contribution in [-0.2, 0) is 0 Å². The first-order valence-corrected chi connectivity index (χ1v) is 8.66. The van der Waals surface area contributed by atoms with Crippen molar-refractivity contribution >= 4 is 0 Å². The predicted molar refractivity (Wildman–Crippen MR) is 67.0 cm³/mol. The van der Waals surface area contributed by atoms with Crippen molar-refractivity contribution in [1.82, 2.24) is 0 Å². The van der Waals surface area contributed by atoms with Crippen molar-refractivity contribution < 1.29 is 114 Å². The van der Waals surface area contributed by atoms with Crippen molar-refractivity contribution in [1.29, 1.82) is 0 Å². The van der Waals surface area contributed by atoms with Gasteiger partial charge >= 0.3 is 59.7 Å². The van der Waals surface area contributed by atoms with Gasteiger partial charge in [-0.1, -0.05) is 0 Å². The molecule has 0 radical (unpaired) electrons. The molecular weight excluding hydrogens is 662 g/mol. The van der Waals surface area contributed by atoms with Crippen LogP contribution in [0.15, 0.2) is 0 Å². The molecule has 0 saturated heterocycles. The lowest BCUT2D eigenvalue weighted by Crippen LogP contribution is -3.04. The lowest BCUT2D eigenvalue weighted by atomic mass is 9.44. The third-order valence-electron chi connectivity index (χ3n) is 6.38. The SMILES string of the molecule is FC(F)(F)C(F)(F)[C@@]1(F)[C@@](F)(C(F)(F)F)[C@@](F)(C(F)(F)F)C(F)(F)[C@]2(F)C(F)(F)C(F)(F)C(F)(F)C(F)(F)[C@]21F. The van der Waals surface area contributed by atoms with E-state index in [1.54, 1.807) is 0 Å². The molecule has 0 aliphatic heterocycles. The molecule has 0 unspecified atom stereocenters. The Bertz CT molecular complexity index is 1060. The summed E-state index contributed by atoms with van der Waals surface area (Å²) in [7, 11) is 0. The Morgan fingerprint density at radius 1 is 0.275 bits per heavy atom. The number of halogens is 26. The van der Waals surface area contributed by atoms with Gasteiger partial charge in [-0.3, -0.25) is 0 Å². The van der Waals surface area contributed by atoms with Crippen LogP contribution in [0, 0.1) is 0 Å². The summed E-state index contributed by atoms with van der Waals surface area (Å²) in [6, 6.07) is 0. The van der Waals surface area contributed by atoms with E-state index in [9.17, 15) is 101 Å². The van der Waals surface area contributed by atoms with Crippen LogP contribution >= 0.6 is 0 Å². The molecular formula is C14F26. The third-order valence-corrected chi connectivity index (χ3v) is 6.38. The molecule has 2 rings (SSSR count). The van der Waals surface area contributed by atoms with Crippen LogP contribution in [0.5, 0.6) is 0 Å². The zero-order valence-electron chi connectivity index (χ0n) is 16.8. The Labute approximate surface area is 198 Å². The lowest BCUT2D eigenvalue weighted by molar-refractivity contribution is -0.573. The second-order valence-corrected chi connectivity index (χ2v) is 8.23. The van der Waals surface area contributed by atoms with Crippen LogP contribution in [0.2, 0.25) is 0 Å². The van der Waals surface area contributed by atoms with Crippen molar-refractivity contribution in [2.45, 2.75) is 82.4 Å². The van der Waals surface area contributed by atoms with Crippen LogP contribution in [0.3, 0.4) is 0 Å². The van der Waals surface area contributed by atoms with E-state index < -0.39 is 82.4 Å². The molecule has 238 valence electrons. The average molecular weight is 662 g/mol. The van der Waals surface area contributed by atoms with E-state index in [-0.39, 0.29) is 0 Å². The van der Waals surface area contributed by atoms with Crippen LogP contribution in [0.1, 0.15) is 0 Å². The minimum atomic E-state index is -10.5. The Hall–Kier alpha value is -1.82. The Morgan fingerprint density at radius 3 is 0.800 bits per heavy atom. The number of fused-ring (bicyclic) bond motifs is 1. The van der Waals surface area contributed by atoms with Gasteiger partial charge in [0.15, 0.2) is 0 Å². The molecule has 0 N–H and O–H groups in total. The normalized spacial score (nSPS) is 42.8. The van der Waals surface area contributed by atoms with Gasteiger partial charge in [-0.25, -0.2) is 22.0 Å². The molecule has 0 bridgehead atoms. The van der Waals surface area contributed by atoms with Crippen LogP contribution < -0.4 is 0 Å². The fraction of sp³-hybridized carbons (Fsp3) is 1.00. The summed E-state index contributed by atoms with van der Waals surface area (Å²) in [4.78, 5) is 0. The van der Waals surface area contributed by atoms with Gasteiger partial charge in [-0.15, -0.1) is 0 Å². The molecule has 2 fully saturated rings. The van der Waals surface area contributed by atoms with E-state index in [2.05, 4.69) is 0 Å². The number of rotatable bonds is 1. The molecule has 26 heteroatoms. The monoisotopic (exact) mass is 662 g/mol. The van der Waals surface area contributed by atoms with E-state index >= 15 is 13.2 Å². The molecule has 0 amide bonds. The van der Waals surface area contributed by atoms with Crippen molar-refractivity contribution in [3.63, 3.8) is 0 Å². The standard InChI is InChI=1S/C14F26/c15-1(9(26,27)14(38,39)40)2(16)4(18,8(24,25)11(30,31)10(28,29)7(2,22)23)6(20,21)5(19,13(35,36)37)3(1,17)12(32,33)34/t1-,2+,3-,4-,5-/m0/s1. The minimum Gasteiger partial charge on any atom is -0.229 e. The molecule has 40 heavy (non-hydrogen) atoms. The zero-order chi connectivity index (χ0) is 33.0. The summed E-state index contributed by atoms with van der Waals surface area (Å²) in [5.41, 5.74) is -50.9. The Morgan fingerprint density at radius 2 is 0.550 bits per heavy atom. The maximum absolute atomic E-state index is 15.3. The smallest absolute Gasteiger partial charge is 0.229 e. The first-order valence-electron chi connectivity index (χ1n) is 8.66. The molecule has 0 spiro atoms. The minimum absolute atomic E-state index is 9.03. The molecule has 5 atom stereocenters. The predicted octanol–water partition coefficient (Wildman–Crippen LogP) is 8.05. The van der Waals surface area contributed by atoms with Crippen LogP contribution in [-0.4, -0.2) is 82.4 Å². The quantitative estimate of drug-likeness (QED) is 0.250. The average Bonchev–Trinajstić information content (AvgIpc) is 2.70.